The first-order valence-corrected chi connectivity index (χ1v) is 7.93. The molecule has 0 amide bonds. The van der Waals surface area contributed by atoms with Crippen LogP contribution in [0.25, 0.3) is 0 Å². The van der Waals surface area contributed by atoms with Crippen LogP contribution in [0.1, 0.15) is 43.7 Å². The molecule has 1 spiro atoms. The quantitative estimate of drug-likeness (QED) is 0.863. The first-order chi connectivity index (χ1) is 9.14. The summed E-state index contributed by atoms with van der Waals surface area (Å²) in [6, 6.07) is 6.38. The van der Waals surface area contributed by atoms with Gasteiger partial charge in [0.25, 0.3) is 0 Å². The summed E-state index contributed by atoms with van der Waals surface area (Å²) >= 11 is 3.52. The largest absolute Gasteiger partial charge is 0.379 e. The zero-order valence-electron chi connectivity index (χ0n) is 11.3. The first kappa shape index (κ1) is 13.3. The molecule has 0 aliphatic heterocycles. The minimum absolute atomic E-state index is 0.0940. The van der Waals surface area contributed by atoms with Crippen LogP contribution in [0.5, 0.6) is 0 Å². The summed E-state index contributed by atoms with van der Waals surface area (Å²) in [5.41, 5.74) is 3.46. The van der Waals surface area contributed by atoms with Crippen molar-refractivity contribution in [2.45, 2.75) is 45.1 Å². The monoisotopic (exact) mass is 321 g/mol. The maximum atomic E-state index is 8.58. The SMILES string of the molecule is CCO[C@H]1CC[C@]2(CC1)Cc1ccc(Br)cc1C2=N. The molecule has 1 fully saturated rings. The summed E-state index contributed by atoms with van der Waals surface area (Å²) < 4.78 is 6.82. The lowest BCUT2D eigenvalue weighted by Gasteiger charge is -2.37. The lowest BCUT2D eigenvalue weighted by Crippen LogP contribution is -2.35. The smallest absolute Gasteiger partial charge is 0.0575 e. The maximum absolute atomic E-state index is 8.58. The van der Waals surface area contributed by atoms with Crippen LogP contribution in [0.3, 0.4) is 0 Å². The third-order valence-corrected chi connectivity index (χ3v) is 5.19. The molecular weight excluding hydrogens is 302 g/mol. The van der Waals surface area contributed by atoms with Gasteiger partial charge in [-0.15, -0.1) is 0 Å². The molecule has 19 heavy (non-hydrogen) atoms. The average molecular weight is 322 g/mol. The predicted molar refractivity (Wildman–Crippen MR) is 81.0 cm³/mol. The van der Waals surface area contributed by atoms with Crippen molar-refractivity contribution in [2.75, 3.05) is 6.61 Å². The van der Waals surface area contributed by atoms with Crippen LogP contribution in [0.15, 0.2) is 22.7 Å². The minimum Gasteiger partial charge on any atom is -0.379 e. The molecule has 0 bridgehead atoms. The van der Waals surface area contributed by atoms with Gasteiger partial charge >= 0.3 is 0 Å². The van der Waals surface area contributed by atoms with Crippen LogP contribution in [-0.4, -0.2) is 18.4 Å². The van der Waals surface area contributed by atoms with E-state index in [2.05, 4.69) is 41.1 Å². The Morgan fingerprint density at radius 3 is 2.79 bits per heavy atom. The van der Waals surface area contributed by atoms with Gasteiger partial charge in [0.15, 0.2) is 0 Å². The lowest BCUT2D eigenvalue weighted by atomic mass is 9.70. The van der Waals surface area contributed by atoms with Crippen LogP contribution in [0.4, 0.5) is 0 Å². The number of fused-ring (bicyclic) bond motifs is 1. The molecular formula is C16H20BrNO. The molecule has 0 atom stereocenters. The number of rotatable bonds is 2. The minimum atomic E-state index is 0.0940. The van der Waals surface area contributed by atoms with Gasteiger partial charge in [-0.1, -0.05) is 22.0 Å². The number of hydrogen-bond donors (Lipinski definition) is 1. The predicted octanol–water partition coefficient (Wildman–Crippen LogP) is 4.34. The topological polar surface area (TPSA) is 33.1 Å². The fourth-order valence-electron chi connectivity index (χ4n) is 3.65. The normalized spacial score (nSPS) is 29.8. The second-order valence-electron chi connectivity index (χ2n) is 5.79. The molecule has 2 nitrogen and oxygen atoms in total. The highest BCUT2D eigenvalue weighted by molar-refractivity contribution is 9.10. The van der Waals surface area contributed by atoms with Gasteiger partial charge in [-0.2, -0.15) is 0 Å². The fraction of sp³-hybridized carbons (Fsp3) is 0.562. The molecule has 102 valence electrons. The second kappa shape index (κ2) is 5.02. The van der Waals surface area contributed by atoms with Crippen molar-refractivity contribution in [3.8, 4) is 0 Å². The second-order valence-corrected chi connectivity index (χ2v) is 6.70. The molecule has 3 heteroatoms. The van der Waals surface area contributed by atoms with Gasteiger partial charge in [0.1, 0.15) is 0 Å². The number of nitrogens with one attached hydrogen (secondary N) is 1. The van der Waals surface area contributed by atoms with E-state index in [4.69, 9.17) is 10.1 Å². The van der Waals surface area contributed by atoms with Crippen LogP contribution >= 0.6 is 15.9 Å². The Kier molecular flexibility index (Phi) is 3.52. The van der Waals surface area contributed by atoms with E-state index in [1.54, 1.807) is 0 Å². The highest BCUT2D eigenvalue weighted by Crippen LogP contribution is 2.48. The van der Waals surface area contributed by atoms with Gasteiger partial charge in [0.2, 0.25) is 0 Å². The van der Waals surface area contributed by atoms with Crippen molar-refractivity contribution in [3.63, 3.8) is 0 Å². The summed E-state index contributed by atoms with van der Waals surface area (Å²) in [5, 5.41) is 8.58. The van der Waals surface area contributed by atoms with E-state index in [1.165, 1.54) is 5.56 Å². The van der Waals surface area contributed by atoms with Gasteiger partial charge in [0.05, 0.1) is 6.10 Å². The van der Waals surface area contributed by atoms with E-state index < -0.39 is 0 Å². The molecule has 1 aromatic carbocycles. The molecule has 0 aromatic heterocycles. The van der Waals surface area contributed by atoms with Gasteiger partial charge < -0.3 is 10.1 Å². The number of benzene rings is 1. The average Bonchev–Trinajstić information content (AvgIpc) is 2.67. The third kappa shape index (κ3) is 2.27. The summed E-state index contributed by atoms with van der Waals surface area (Å²) in [4.78, 5) is 0. The Morgan fingerprint density at radius 1 is 1.37 bits per heavy atom. The fourth-order valence-corrected chi connectivity index (χ4v) is 4.01. The molecule has 2 aliphatic rings. The maximum Gasteiger partial charge on any atom is 0.0575 e. The van der Waals surface area contributed by atoms with Crippen molar-refractivity contribution in [1.82, 2.24) is 0 Å². The molecule has 1 saturated carbocycles. The van der Waals surface area contributed by atoms with Crippen molar-refractivity contribution in [1.29, 1.82) is 5.41 Å². The molecule has 0 saturated heterocycles. The van der Waals surface area contributed by atoms with E-state index in [0.29, 0.717) is 6.10 Å². The van der Waals surface area contributed by atoms with E-state index in [9.17, 15) is 0 Å². The van der Waals surface area contributed by atoms with Crippen LogP contribution in [-0.2, 0) is 11.2 Å². The highest BCUT2D eigenvalue weighted by atomic mass is 79.9. The molecule has 1 aromatic rings. The van der Waals surface area contributed by atoms with E-state index in [1.807, 2.05) is 0 Å². The Bertz CT molecular complexity index is 503. The number of ether oxygens (including phenoxy) is 1. The molecule has 1 N–H and O–H groups in total. The van der Waals surface area contributed by atoms with Crippen molar-refractivity contribution in [3.05, 3.63) is 33.8 Å². The van der Waals surface area contributed by atoms with Gasteiger partial charge in [0, 0.05) is 27.8 Å². The zero-order chi connectivity index (χ0) is 13.5. The molecule has 0 heterocycles. The lowest BCUT2D eigenvalue weighted by molar-refractivity contribution is 0.0178. The highest BCUT2D eigenvalue weighted by Gasteiger charge is 2.44. The van der Waals surface area contributed by atoms with Gasteiger partial charge in [-0.05, 0) is 56.7 Å². The number of halogens is 1. The zero-order valence-corrected chi connectivity index (χ0v) is 12.9. The van der Waals surface area contributed by atoms with Crippen molar-refractivity contribution in [2.24, 2.45) is 5.41 Å². The summed E-state index contributed by atoms with van der Waals surface area (Å²) in [6.07, 6.45) is 5.87. The van der Waals surface area contributed by atoms with E-state index in [0.717, 1.165) is 54.5 Å². The van der Waals surface area contributed by atoms with Crippen LogP contribution < -0.4 is 0 Å². The molecule has 0 radical (unpaired) electrons. The Hall–Kier alpha value is -0.670. The summed E-state index contributed by atoms with van der Waals surface area (Å²) in [6.45, 7) is 2.87. The summed E-state index contributed by atoms with van der Waals surface area (Å²) in [7, 11) is 0. The molecule has 3 rings (SSSR count). The first-order valence-electron chi connectivity index (χ1n) is 7.14. The Morgan fingerprint density at radius 2 is 2.11 bits per heavy atom. The van der Waals surface area contributed by atoms with Gasteiger partial charge in [-0.3, -0.25) is 0 Å². The van der Waals surface area contributed by atoms with Crippen LogP contribution in [0.2, 0.25) is 0 Å². The standard InChI is InChI=1S/C16H20BrNO/c1-2-19-13-5-7-16(8-6-13)10-11-3-4-12(17)9-14(11)15(16)18/h3-4,9,13,18H,2,5-8,10H2,1H3/t13-,16-. The van der Waals surface area contributed by atoms with Crippen LogP contribution in [0, 0.1) is 10.8 Å². The Labute approximate surface area is 123 Å². The third-order valence-electron chi connectivity index (χ3n) is 4.69. The molecule has 2 aliphatic carbocycles. The van der Waals surface area contributed by atoms with Crippen molar-refractivity contribution < 1.29 is 4.74 Å². The summed E-state index contributed by atoms with van der Waals surface area (Å²) in [5.74, 6) is 0. The van der Waals surface area contributed by atoms with Gasteiger partial charge in [-0.25, -0.2) is 0 Å². The Balaban J connectivity index is 1.80. The molecule has 0 unspecified atom stereocenters. The van der Waals surface area contributed by atoms with E-state index in [-0.39, 0.29) is 5.41 Å². The number of hydrogen-bond acceptors (Lipinski definition) is 2. The van der Waals surface area contributed by atoms with Crippen molar-refractivity contribution >= 4 is 21.6 Å². The van der Waals surface area contributed by atoms with E-state index >= 15 is 0 Å².